The van der Waals surface area contributed by atoms with Gasteiger partial charge >= 0.3 is 0 Å². The van der Waals surface area contributed by atoms with E-state index in [-0.39, 0.29) is 5.57 Å². The highest BCUT2D eigenvalue weighted by atomic mass is 32.2. The van der Waals surface area contributed by atoms with Crippen LogP contribution in [0.2, 0.25) is 0 Å². The number of nitrogens with zero attached hydrogens (tertiary/aromatic N) is 2. The van der Waals surface area contributed by atoms with Crippen molar-refractivity contribution in [2.45, 2.75) is 13.8 Å². The Balaban J connectivity index is 2.18. The molecule has 2 aromatic heterocycles. The fourth-order valence-electron chi connectivity index (χ4n) is 1.86. The van der Waals surface area contributed by atoms with Gasteiger partial charge in [-0.2, -0.15) is 10.5 Å². The van der Waals surface area contributed by atoms with Crippen molar-refractivity contribution < 1.29 is 0 Å². The summed E-state index contributed by atoms with van der Waals surface area (Å²) in [5.74, 6) is 0. The molecule has 0 bridgehead atoms. The van der Waals surface area contributed by atoms with Crippen LogP contribution < -0.4 is 9.06 Å². The van der Waals surface area contributed by atoms with Crippen LogP contribution in [0.5, 0.6) is 0 Å². The summed E-state index contributed by atoms with van der Waals surface area (Å²) >= 11 is 6.92. The van der Waals surface area contributed by atoms with Gasteiger partial charge in [-0.1, -0.05) is 23.5 Å². The van der Waals surface area contributed by atoms with Gasteiger partial charge in [-0.15, -0.1) is 22.7 Å². The van der Waals surface area contributed by atoms with Crippen molar-refractivity contribution in [3.8, 4) is 12.1 Å². The van der Waals surface area contributed by atoms with Gasteiger partial charge in [0, 0.05) is 13.6 Å². The van der Waals surface area contributed by atoms with Crippen LogP contribution in [0, 0.1) is 31.7 Å². The molecular formula is C16H10N2S4. The Labute approximate surface area is 144 Å². The first-order chi connectivity index (χ1) is 10.6. The second-order valence-corrected chi connectivity index (χ2v) is 9.41. The lowest BCUT2D eigenvalue weighted by Crippen LogP contribution is -1.93. The van der Waals surface area contributed by atoms with Gasteiger partial charge in [0.15, 0.2) is 0 Å². The average Bonchev–Trinajstić information content (AvgIpc) is 3.21. The minimum absolute atomic E-state index is 0.180. The van der Waals surface area contributed by atoms with Crippen LogP contribution in [-0.2, 0) is 0 Å². The van der Waals surface area contributed by atoms with Crippen LogP contribution in [0.4, 0.5) is 0 Å². The molecule has 2 aromatic rings. The zero-order valence-electron chi connectivity index (χ0n) is 11.8. The first-order valence-corrected chi connectivity index (χ1v) is 9.67. The summed E-state index contributed by atoms with van der Waals surface area (Å²) in [6.07, 6.45) is 0. The largest absolute Gasteiger partial charge is 0.192 e. The number of hydrogen-bond donors (Lipinski definition) is 0. The molecule has 108 valence electrons. The van der Waals surface area contributed by atoms with Crippen LogP contribution in [0.1, 0.15) is 13.8 Å². The standard InChI is InChI=1S/C16H10N2S4/c1-9-10(2)20-16(19-9)15-6-5-14(22-15)13-4-3-12(21-13)11(7-17)8-18/h3-6H,1-2H3. The molecule has 0 unspecified atom stereocenters. The minimum Gasteiger partial charge on any atom is -0.192 e. The quantitative estimate of drug-likeness (QED) is 0.711. The van der Waals surface area contributed by atoms with Gasteiger partial charge in [-0.25, -0.2) is 0 Å². The second kappa shape index (κ2) is 6.36. The van der Waals surface area contributed by atoms with Crippen molar-refractivity contribution in [2.75, 3.05) is 0 Å². The summed E-state index contributed by atoms with van der Waals surface area (Å²) in [7, 11) is 0. The van der Waals surface area contributed by atoms with Crippen molar-refractivity contribution >= 4 is 56.0 Å². The highest BCUT2D eigenvalue weighted by Crippen LogP contribution is 2.49. The minimum atomic E-state index is 0.180. The predicted octanol–water partition coefficient (Wildman–Crippen LogP) is 4.09. The molecule has 0 fully saturated rings. The third-order valence-electron chi connectivity index (χ3n) is 3.11. The summed E-state index contributed by atoms with van der Waals surface area (Å²) in [6, 6.07) is 12.0. The van der Waals surface area contributed by atoms with Gasteiger partial charge in [0.05, 0.1) is 8.77 Å². The second-order valence-electron chi connectivity index (χ2n) is 4.53. The van der Waals surface area contributed by atoms with Crippen molar-refractivity contribution in [2.24, 2.45) is 0 Å². The summed E-state index contributed by atoms with van der Waals surface area (Å²) < 4.78 is 5.63. The van der Waals surface area contributed by atoms with E-state index in [1.54, 1.807) is 11.3 Å². The predicted molar refractivity (Wildman–Crippen MR) is 97.2 cm³/mol. The topological polar surface area (TPSA) is 47.6 Å². The molecule has 0 saturated heterocycles. The maximum atomic E-state index is 8.94. The van der Waals surface area contributed by atoms with Gasteiger partial charge in [-0.3, -0.25) is 0 Å². The molecule has 0 saturated carbocycles. The van der Waals surface area contributed by atoms with Crippen LogP contribution >= 0.6 is 46.2 Å². The molecule has 0 N–H and O–H groups in total. The van der Waals surface area contributed by atoms with Crippen molar-refractivity contribution in [1.82, 2.24) is 0 Å². The highest BCUT2D eigenvalue weighted by molar-refractivity contribution is 8.35. The monoisotopic (exact) mass is 358 g/mol. The van der Waals surface area contributed by atoms with E-state index in [1.807, 2.05) is 47.8 Å². The Morgan fingerprint density at radius 1 is 0.818 bits per heavy atom. The molecule has 0 amide bonds. The smallest absolute Gasteiger partial charge is 0.146 e. The van der Waals surface area contributed by atoms with E-state index < -0.39 is 0 Å². The zero-order chi connectivity index (χ0) is 15.7. The molecule has 0 spiro atoms. The molecule has 6 heteroatoms. The third-order valence-corrected chi connectivity index (χ3v) is 8.44. The van der Waals surface area contributed by atoms with Gasteiger partial charge in [-0.05, 0) is 47.9 Å². The third kappa shape index (κ3) is 2.88. The zero-order valence-corrected chi connectivity index (χ0v) is 15.1. The van der Waals surface area contributed by atoms with E-state index in [1.165, 1.54) is 34.4 Å². The average molecular weight is 359 g/mol. The van der Waals surface area contributed by atoms with Crippen molar-refractivity contribution in [3.63, 3.8) is 0 Å². The number of thiophene rings is 2. The molecule has 22 heavy (non-hydrogen) atoms. The van der Waals surface area contributed by atoms with Crippen LogP contribution in [0.3, 0.4) is 0 Å². The van der Waals surface area contributed by atoms with Gasteiger partial charge in [0.25, 0.3) is 0 Å². The molecule has 3 heterocycles. The molecule has 1 aliphatic rings. The van der Waals surface area contributed by atoms with E-state index in [9.17, 15) is 0 Å². The molecular weight excluding hydrogens is 348 g/mol. The first kappa shape index (κ1) is 15.5. The van der Waals surface area contributed by atoms with Crippen LogP contribution in [-0.4, -0.2) is 0 Å². The Bertz CT molecular complexity index is 1040. The van der Waals surface area contributed by atoms with Crippen molar-refractivity contribution in [3.05, 3.63) is 52.2 Å². The van der Waals surface area contributed by atoms with Crippen LogP contribution in [0.15, 0.2) is 34.1 Å². The fraction of sp³-hybridized carbons (Fsp3) is 0.125. The Morgan fingerprint density at radius 2 is 1.36 bits per heavy atom. The Morgan fingerprint density at radius 3 is 2.00 bits per heavy atom. The highest BCUT2D eigenvalue weighted by Gasteiger charge is 2.15. The van der Waals surface area contributed by atoms with E-state index in [2.05, 4.69) is 26.0 Å². The lowest BCUT2D eigenvalue weighted by Gasteiger charge is -1.90. The molecule has 2 nitrogen and oxygen atoms in total. The lowest BCUT2D eigenvalue weighted by molar-refractivity contribution is 1.51. The van der Waals surface area contributed by atoms with E-state index >= 15 is 0 Å². The number of hydrogen-bond acceptors (Lipinski definition) is 6. The fourth-order valence-corrected chi connectivity index (χ4v) is 6.59. The molecule has 0 aromatic carbocycles. The summed E-state index contributed by atoms with van der Waals surface area (Å²) in [5.41, 5.74) is 0.180. The number of rotatable bonds is 0. The number of allylic oxidation sites excluding steroid dienone is 2. The molecule has 0 atom stereocenters. The van der Waals surface area contributed by atoms with E-state index in [0.717, 1.165) is 9.06 Å². The first-order valence-electron chi connectivity index (χ1n) is 6.40. The maximum absolute atomic E-state index is 8.94. The summed E-state index contributed by atoms with van der Waals surface area (Å²) in [6.45, 7) is 4.31. The van der Waals surface area contributed by atoms with Gasteiger partial charge < -0.3 is 0 Å². The number of thioether (sulfide) groups is 2. The van der Waals surface area contributed by atoms with E-state index in [4.69, 9.17) is 10.5 Å². The number of nitriles is 2. The van der Waals surface area contributed by atoms with Gasteiger partial charge in [0.1, 0.15) is 17.7 Å². The Hall–Kier alpha value is -1.44. The van der Waals surface area contributed by atoms with Gasteiger partial charge in [0.2, 0.25) is 0 Å². The van der Waals surface area contributed by atoms with Crippen molar-refractivity contribution in [1.29, 1.82) is 10.5 Å². The summed E-state index contributed by atoms with van der Waals surface area (Å²) in [4.78, 5) is 2.74. The SMILES string of the molecule is CC1=C(C)SC(=c2ccc(=c3ccc(=C(C#N)C#N)s3)s2)S1. The maximum Gasteiger partial charge on any atom is 0.146 e. The van der Waals surface area contributed by atoms with E-state index in [0.29, 0.717) is 0 Å². The normalized spacial score (nSPS) is 15.7. The molecule has 0 radical (unpaired) electrons. The lowest BCUT2D eigenvalue weighted by atomic mass is 10.3. The van der Waals surface area contributed by atoms with Crippen LogP contribution in [0.25, 0.3) is 9.81 Å². The molecule has 3 rings (SSSR count). The molecule has 0 aliphatic carbocycles. The Kier molecular flexibility index (Phi) is 4.46. The molecule has 1 aliphatic heterocycles. The summed E-state index contributed by atoms with van der Waals surface area (Å²) in [5, 5.41) is 17.9.